The Morgan fingerprint density at radius 1 is 1.06 bits per heavy atom. The average molecular weight is 438 g/mol. The van der Waals surface area contributed by atoms with Crippen LogP contribution in [-0.2, 0) is 13.6 Å². The number of rotatable bonds is 4. The van der Waals surface area contributed by atoms with Gasteiger partial charge in [0, 0.05) is 34.6 Å². The maximum atomic E-state index is 13.0. The van der Waals surface area contributed by atoms with Crippen molar-refractivity contribution in [3.05, 3.63) is 80.6 Å². The zero-order valence-electron chi connectivity index (χ0n) is 18.8. The molecule has 0 radical (unpaired) electrons. The van der Waals surface area contributed by atoms with E-state index in [0.29, 0.717) is 23.1 Å². The Labute approximate surface area is 188 Å². The lowest BCUT2D eigenvalue weighted by atomic mass is 10.1. The summed E-state index contributed by atoms with van der Waals surface area (Å²) in [6, 6.07) is 11.3. The monoisotopic (exact) mass is 437 g/mol. The summed E-state index contributed by atoms with van der Waals surface area (Å²) in [5, 5.41) is 11.3. The van der Waals surface area contributed by atoms with Gasteiger partial charge in [-0.15, -0.1) is 0 Å². The summed E-state index contributed by atoms with van der Waals surface area (Å²) in [5.41, 5.74) is 7.44. The first-order chi connectivity index (χ1) is 14.6. The lowest BCUT2D eigenvalue weighted by Crippen LogP contribution is -2.36. The van der Waals surface area contributed by atoms with E-state index in [1.807, 2.05) is 76.7 Å². The molecule has 6 nitrogen and oxygen atoms in total. The largest absolute Gasteiger partial charge is 0.326 e. The van der Waals surface area contributed by atoms with Gasteiger partial charge in [0.05, 0.1) is 12.2 Å². The number of anilines is 1. The van der Waals surface area contributed by atoms with Crippen LogP contribution in [0.2, 0.25) is 5.02 Å². The summed E-state index contributed by atoms with van der Waals surface area (Å²) < 4.78 is 1.84. The number of aryl methyl sites for hydroxylation is 5. The fourth-order valence-corrected chi connectivity index (χ4v) is 3.72. The minimum absolute atomic E-state index is 0.218. The topological polar surface area (TPSA) is 71.3 Å². The van der Waals surface area contributed by atoms with E-state index >= 15 is 0 Å². The molecule has 0 aliphatic carbocycles. The third-order valence-corrected chi connectivity index (χ3v) is 5.45. The van der Waals surface area contributed by atoms with Crippen LogP contribution in [0.25, 0.3) is 0 Å². The molecule has 2 N–H and O–H groups in total. The second-order valence-corrected chi connectivity index (χ2v) is 8.29. The van der Waals surface area contributed by atoms with E-state index in [2.05, 4.69) is 20.7 Å². The molecule has 1 aromatic heterocycles. The van der Waals surface area contributed by atoms with E-state index in [4.69, 9.17) is 11.6 Å². The Morgan fingerprint density at radius 2 is 1.74 bits per heavy atom. The van der Waals surface area contributed by atoms with E-state index in [-0.39, 0.29) is 5.91 Å². The Morgan fingerprint density at radius 3 is 2.32 bits per heavy atom. The van der Waals surface area contributed by atoms with E-state index in [1.54, 1.807) is 6.07 Å². The fourth-order valence-electron chi connectivity index (χ4n) is 3.50. The molecule has 1 heterocycles. The molecule has 0 saturated carbocycles. The number of nitrogens with zero attached hydrogens (tertiary/aromatic N) is 3. The minimum Gasteiger partial charge on any atom is -0.326 e. The zero-order chi connectivity index (χ0) is 22.7. The standard InChI is InChI=1S/C24H28ClN5O/c1-14-9-15(2)11-19(10-14)23(31)28-24(27-22-8-7-20(25)12-16(22)3)26-13-21-17(4)29-30(6)18(21)5/h7-12H,13H2,1-6H3,(H2,26,27,28,31). The lowest BCUT2D eigenvalue weighted by molar-refractivity contribution is 0.0976. The Kier molecular flexibility index (Phi) is 6.81. The predicted molar refractivity (Wildman–Crippen MR) is 127 cm³/mol. The number of nitrogens with one attached hydrogen (secondary N) is 2. The van der Waals surface area contributed by atoms with Gasteiger partial charge < -0.3 is 5.32 Å². The van der Waals surface area contributed by atoms with Gasteiger partial charge in [-0.2, -0.15) is 5.10 Å². The molecule has 0 spiro atoms. The number of halogens is 1. The second kappa shape index (κ2) is 9.35. The molecule has 3 rings (SSSR count). The number of benzene rings is 2. The second-order valence-electron chi connectivity index (χ2n) is 7.85. The lowest BCUT2D eigenvalue weighted by Gasteiger charge is -2.14. The van der Waals surface area contributed by atoms with Crippen molar-refractivity contribution in [2.24, 2.45) is 12.0 Å². The highest BCUT2D eigenvalue weighted by Crippen LogP contribution is 2.20. The number of carbonyl (C=O) groups excluding carboxylic acids is 1. The van der Waals surface area contributed by atoms with Gasteiger partial charge in [-0.05, 0) is 70.5 Å². The van der Waals surface area contributed by atoms with Crippen molar-refractivity contribution >= 4 is 29.2 Å². The number of hydrogen-bond donors (Lipinski definition) is 2. The van der Waals surface area contributed by atoms with E-state index < -0.39 is 0 Å². The highest BCUT2D eigenvalue weighted by molar-refractivity contribution is 6.30. The van der Waals surface area contributed by atoms with Crippen LogP contribution in [0, 0.1) is 34.6 Å². The molecule has 0 saturated heterocycles. The van der Waals surface area contributed by atoms with Crippen molar-refractivity contribution in [3.8, 4) is 0 Å². The molecule has 3 aromatic rings. The van der Waals surface area contributed by atoms with Crippen LogP contribution in [-0.4, -0.2) is 21.6 Å². The maximum absolute atomic E-state index is 13.0. The maximum Gasteiger partial charge on any atom is 0.257 e. The fraction of sp³-hybridized carbons (Fsp3) is 0.292. The van der Waals surface area contributed by atoms with Crippen molar-refractivity contribution in [1.82, 2.24) is 15.1 Å². The van der Waals surface area contributed by atoms with Gasteiger partial charge in [-0.3, -0.25) is 14.8 Å². The van der Waals surface area contributed by atoms with Gasteiger partial charge in [0.15, 0.2) is 0 Å². The SMILES string of the molecule is Cc1cc(C)cc(C(=O)NC(=NCc2c(C)nn(C)c2C)Nc2ccc(Cl)cc2C)c1. The molecule has 162 valence electrons. The first-order valence-corrected chi connectivity index (χ1v) is 10.5. The molecule has 0 unspecified atom stereocenters. The summed E-state index contributed by atoms with van der Waals surface area (Å²) in [5.74, 6) is 0.154. The molecule has 0 aliphatic rings. The molecule has 1 amide bonds. The third-order valence-electron chi connectivity index (χ3n) is 5.21. The van der Waals surface area contributed by atoms with Gasteiger partial charge in [0.2, 0.25) is 5.96 Å². The normalized spacial score (nSPS) is 11.5. The van der Waals surface area contributed by atoms with Gasteiger partial charge >= 0.3 is 0 Å². The third kappa shape index (κ3) is 5.52. The number of hydrogen-bond acceptors (Lipinski definition) is 3. The molecule has 0 fully saturated rings. The van der Waals surface area contributed by atoms with Crippen LogP contribution in [0.3, 0.4) is 0 Å². The Balaban J connectivity index is 1.91. The predicted octanol–water partition coefficient (Wildman–Crippen LogP) is 5.01. The number of guanidine groups is 1. The number of aromatic nitrogens is 2. The summed E-state index contributed by atoms with van der Waals surface area (Å²) >= 11 is 6.09. The van der Waals surface area contributed by atoms with E-state index in [0.717, 1.165) is 39.3 Å². The molecule has 31 heavy (non-hydrogen) atoms. The summed E-state index contributed by atoms with van der Waals surface area (Å²) in [6.07, 6.45) is 0. The van der Waals surface area contributed by atoms with Crippen molar-refractivity contribution in [3.63, 3.8) is 0 Å². The summed E-state index contributed by atoms with van der Waals surface area (Å²) in [6.45, 7) is 10.3. The number of carbonyl (C=O) groups is 1. The minimum atomic E-state index is -0.218. The quantitative estimate of drug-likeness (QED) is 0.445. The Hall–Kier alpha value is -3.12. The van der Waals surface area contributed by atoms with Crippen molar-refractivity contribution < 1.29 is 4.79 Å². The smallest absolute Gasteiger partial charge is 0.257 e. The Bertz CT molecular complexity index is 1140. The molecule has 0 bridgehead atoms. The summed E-state index contributed by atoms with van der Waals surface area (Å²) in [4.78, 5) is 17.7. The number of amides is 1. The van der Waals surface area contributed by atoms with Crippen molar-refractivity contribution in [2.75, 3.05) is 5.32 Å². The highest BCUT2D eigenvalue weighted by Gasteiger charge is 2.13. The van der Waals surface area contributed by atoms with Crippen LogP contribution in [0.15, 0.2) is 41.4 Å². The van der Waals surface area contributed by atoms with E-state index in [9.17, 15) is 4.79 Å². The van der Waals surface area contributed by atoms with Crippen LogP contribution < -0.4 is 10.6 Å². The first-order valence-electron chi connectivity index (χ1n) is 10.1. The van der Waals surface area contributed by atoms with Gasteiger partial charge in [-0.25, -0.2) is 4.99 Å². The average Bonchev–Trinajstić information content (AvgIpc) is 2.92. The van der Waals surface area contributed by atoms with Gasteiger partial charge in [0.25, 0.3) is 5.91 Å². The molecular weight excluding hydrogens is 410 g/mol. The molecule has 2 aromatic carbocycles. The molecule has 0 atom stereocenters. The zero-order valence-corrected chi connectivity index (χ0v) is 19.6. The number of aliphatic imine (C=N–C) groups is 1. The van der Waals surface area contributed by atoms with Crippen molar-refractivity contribution in [1.29, 1.82) is 0 Å². The van der Waals surface area contributed by atoms with Gasteiger partial charge in [-0.1, -0.05) is 28.8 Å². The van der Waals surface area contributed by atoms with Crippen LogP contribution in [0.4, 0.5) is 5.69 Å². The van der Waals surface area contributed by atoms with E-state index in [1.165, 1.54) is 0 Å². The van der Waals surface area contributed by atoms with Crippen LogP contribution in [0.5, 0.6) is 0 Å². The highest BCUT2D eigenvalue weighted by atomic mass is 35.5. The van der Waals surface area contributed by atoms with Gasteiger partial charge in [0.1, 0.15) is 0 Å². The van der Waals surface area contributed by atoms with Crippen LogP contribution in [0.1, 0.15) is 44.0 Å². The summed E-state index contributed by atoms with van der Waals surface area (Å²) in [7, 11) is 1.91. The molecular formula is C24H28ClN5O. The van der Waals surface area contributed by atoms with Crippen LogP contribution >= 0.6 is 11.6 Å². The first kappa shape index (κ1) is 22.6. The molecule has 0 aliphatic heterocycles. The van der Waals surface area contributed by atoms with Crippen molar-refractivity contribution in [2.45, 2.75) is 41.2 Å². The molecule has 7 heteroatoms.